The fourth-order valence-electron chi connectivity index (χ4n) is 3.49. The van der Waals surface area contributed by atoms with Gasteiger partial charge in [0.15, 0.2) is 21.4 Å². The number of nitrogens with zero attached hydrogens (tertiary/aromatic N) is 1. The molecule has 2 aromatic heterocycles. The predicted octanol–water partition coefficient (Wildman–Crippen LogP) is 1.64. The van der Waals surface area contributed by atoms with Crippen LogP contribution in [0.4, 0.5) is 0 Å². The minimum Gasteiger partial charge on any atom is -0.503 e. The monoisotopic (exact) mass is 377 g/mol. The Bertz CT molecular complexity index is 986. The molecule has 1 amide bonds. The number of ketones is 1. The van der Waals surface area contributed by atoms with Crippen LogP contribution in [0.2, 0.25) is 0 Å². The molecule has 2 aliphatic rings. The topological polar surface area (TPSA) is 118 Å². The van der Waals surface area contributed by atoms with Gasteiger partial charge < -0.3 is 18.8 Å². The van der Waals surface area contributed by atoms with E-state index in [0.29, 0.717) is 0 Å². The first-order chi connectivity index (χ1) is 12.4. The summed E-state index contributed by atoms with van der Waals surface area (Å²) in [6.07, 6.45) is 2.93. The molecular weight excluding hydrogens is 362 g/mol. The summed E-state index contributed by atoms with van der Waals surface area (Å²) in [5, 5.41) is 10.4. The van der Waals surface area contributed by atoms with Crippen molar-refractivity contribution in [2.24, 2.45) is 0 Å². The lowest BCUT2D eigenvalue weighted by molar-refractivity contribution is -0.131. The number of aliphatic hydroxyl groups excluding tert-OH is 1. The summed E-state index contributed by atoms with van der Waals surface area (Å²) >= 11 is 0. The zero-order chi connectivity index (χ0) is 18.5. The highest BCUT2D eigenvalue weighted by molar-refractivity contribution is 7.91. The molecule has 1 fully saturated rings. The van der Waals surface area contributed by atoms with E-state index in [-0.39, 0.29) is 35.0 Å². The number of carbonyl (C=O) groups is 2. The van der Waals surface area contributed by atoms with Gasteiger partial charge in [-0.2, -0.15) is 0 Å². The zero-order valence-electron chi connectivity index (χ0n) is 13.5. The number of hydrogen-bond donors (Lipinski definition) is 1. The minimum atomic E-state index is -3.28. The number of hydrogen-bond acceptors (Lipinski definition) is 7. The molecule has 26 heavy (non-hydrogen) atoms. The molecule has 8 nitrogen and oxygen atoms in total. The molecule has 0 radical (unpaired) electrons. The molecule has 2 atom stereocenters. The highest BCUT2D eigenvalue weighted by Crippen LogP contribution is 2.42. The van der Waals surface area contributed by atoms with Gasteiger partial charge in [-0.15, -0.1) is 0 Å². The van der Waals surface area contributed by atoms with E-state index in [4.69, 9.17) is 8.83 Å². The maximum absolute atomic E-state index is 12.8. The number of aliphatic hydroxyl groups is 1. The largest absolute Gasteiger partial charge is 0.503 e. The van der Waals surface area contributed by atoms with E-state index in [1.165, 1.54) is 29.6 Å². The van der Waals surface area contributed by atoms with Gasteiger partial charge in [-0.25, -0.2) is 8.42 Å². The maximum Gasteiger partial charge on any atom is 0.290 e. The van der Waals surface area contributed by atoms with Crippen molar-refractivity contribution in [2.45, 2.75) is 18.5 Å². The summed E-state index contributed by atoms with van der Waals surface area (Å²) < 4.78 is 34.2. The molecule has 0 spiro atoms. The average Bonchev–Trinajstić information content (AvgIpc) is 3.36. The standard InChI is InChI=1S/C17H15NO7S/c19-15(12-4-2-7-25-12)13-14(11-3-1-6-24-11)18(17(21)16(13)20)10-5-8-26(22,23)9-10/h1-4,6-7,10,14,20H,5,8-9H2. The van der Waals surface area contributed by atoms with E-state index in [1.807, 2.05) is 0 Å². The van der Waals surface area contributed by atoms with Crippen LogP contribution >= 0.6 is 0 Å². The molecule has 136 valence electrons. The molecule has 0 aliphatic carbocycles. The average molecular weight is 377 g/mol. The summed E-state index contributed by atoms with van der Waals surface area (Å²) in [5.74, 6) is -2.18. The van der Waals surface area contributed by atoms with Crippen LogP contribution in [0.5, 0.6) is 0 Å². The summed E-state index contributed by atoms with van der Waals surface area (Å²) in [7, 11) is -3.28. The van der Waals surface area contributed by atoms with Crippen LogP contribution in [-0.4, -0.2) is 47.7 Å². The van der Waals surface area contributed by atoms with Gasteiger partial charge in [-0.05, 0) is 30.7 Å². The third-order valence-electron chi connectivity index (χ3n) is 4.65. The van der Waals surface area contributed by atoms with Crippen LogP contribution in [0.3, 0.4) is 0 Å². The van der Waals surface area contributed by atoms with Crippen molar-refractivity contribution in [3.63, 3.8) is 0 Å². The summed E-state index contributed by atoms with van der Waals surface area (Å²) in [4.78, 5) is 26.7. The molecule has 0 aromatic carbocycles. The molecule has 4 rings (SSSR count). The lowest BCUT2D eigenvalue weighted by Gasteiger charge is -2.29. The van der Waals surface area contributed by atoms with E-state index in [1.54, 1.807) is 12.1 Å². The van der Waals surface area contributed by atoms with Crippen molar-refractivity contribution < 1.29 is 31.9 Å². The number of amides is 1. The smallest absolute Gasteiger partial charge is 0.290 e. The van der Waals surface area contributed by atoms with Crippen molar-refractivity contribution >= 4 is 21.5 Å². The van der Waals surface area contributed by atoms with Gasteiger partial charge in [0, 0.05) is 6.04 Å². The van der Waals surface area contributed by atoms with Gasteiger partial charge in [-0.3, -0.25) is 9.59 Å². The van der Waals surface area contributed by atoms with Gasteiger partial charge in [0.25, 0.3) is 5.91 Å². The molecule has 1 saturated heterocycles. The van der Waals surface area contributed by atoms with Crippen molar-refractivity contribution in [1.82, 2.24) is 4.90 Å². The van der Waals surface area contributed by atoms with E-state index < -0.39 is 39.4 Å². The summed E-state index contributed by atoms with van der Waals surface area (Å²) in [6.45, 7) is 0. The molecule has 2 aromatic rings. The molecule has 9 heteroatoms. The predicted molar refractivity (Wildman–Crippen MR) is 88.0 cm³/mol. The number of Topliss-reactive ketones (excluding diaryl/α,β-unsaturated/α-hetero) is 1. The normalized spacial score (nSPS) is 25.2. The van der Waals surface area contributed by atoms with Gasteiger partial charge in [0.05, 0.1) is 29.6 Å². The second kappa shape index (κ2) is 5.87. The van der Waals surface area contributed by atoms with E-state index in [0.717, 1.165) is 0 Å². The molecular formula is C17H15NO7S. The molecule has 1 N–H and O–H groups in total. The molecule has 2 aliphatic heterocycles. The number of sulfone groups is 1. The Morgan fingerprint density at radius 2 is 1.92 bits per heavy atom. The minimum absolute atomic E-state index is 0.0307. The van der Waals surface area contributed by atoms with Crippen LogP contribution in [0.25, 0.3) is 0 Å². The second-order valence-electron chi connectivity index (χ2n) is 6.26. The zero-order valence-corrected chi connectivity index (χ0v) is 14.3. The Labute approximate surface area is 148 Å². The van der Waals surface area contributed by atoms with Crippen LogP contribution in [0.1, 0.15) is 28.8 Å². The first-order valence-electron chi connectivity index (χ1n) is 7.97. The van der Waals surface area contributed by atoms with Crippen LogP contribution < -0.4 is 0 Å². The first-order valence-corrected chi connectivity index (χ1v) is 9.79. The third kappa shape index (κ3) is 2.55. The van der Waals surface area contributed by atoms with Crippen LogP contribution in [0, 0.1) is 0 Å². The van der Waals surface area contributed by atoms with E-state index in [2.05, 4.69) is 0 Å². The molecule has 0 bridgehead atoms. The fourth-order valence-corrected chi connectivity index (χ4v) is 5.20. The van der Waals surface area contributed by atoms with Crippen LogP contribution in [0.15, 0.2) is 57.0 Å². The Hall–Kier alpha value is -2.81. The summed E-state index contributed by atoms with van der Waals surface area (Å²) in [6, 6.07) is 4.45. The number of carbonyl (C=O) groups excluding carboxylic acids is 2. The molecule has 2 unspecified atom stereocenters. The van der Waals surface area contributed by atoms with Crippen molar-refractivity contribution in [3.8, 4) is 0 Å². The van der Waals surface area contributed by atoms with E-state index in [9.17, 15) is 23.1 Å². The highest BCUT2D eigenvalue weighted by Gasteiger charge is 2.50. The van der Waals surface area contributed by atoms with Crippen molar-refractivity contribution in [2.75, 3.05) is 11.5 Å². The Kier molecular flexibility index (Phi) is 3.76. The number of furan rings is 2. The maximum atomic E-state index is 12.8. The first kappa shape index (κ1) is 16.6. The lowest BCUT2D eigenvalue weighted by Crippen LogP contribution is -2.40. The molecule has 4 heterocycles. The molecule has 0 saturated carbocycles. The Balaban J connectivity index is 1.80. The summed E-state index contributed by atoms with van der Waals surface area (Å²) in [5.41, 5.74) is -0.177. The van der Waals surface area contributed by atoms with Crippen molar-refractivity contribution in [3.05, 3.63) is 59.6 Å². The number of rotatable bonds is 4. The lowest BCUT2D eigenvalue weighted by atomic mass is 9.99. The van der Waals surface area contributed by atoms with Crippen LogP contribution in [-0.2, 0) is 14.6 Å². The SMILES string of the molecule is O=C(C1=C(O)C(=O)N(C2CCS(=O)(=O)C2)C1c1ccco1)c1ccco1. The van der Waals surface area contributed by atoms with E-state index >= 15 is 0 Å². The Morgan fingerprint density at radius 1 is 1.19 bits per heavy atom. The van der Waals surface area contributed by atoms with Gasteiger partial charge in [0.2, 0.25) is 5.78 Å². The van der Waals surface area contributed by atoms with Gasteiger partial charge >= 0.3 is 0 Å². The van der Waals surface area contributed by atoms with Crippen molar-refractivity contribution in [1.29, 1.82) is 0 Å². The third-order valence-corrected chi connectivity index (χ3v) is 6.40. The van der Waals surface area contributed by atoms with Gasteiger partial charge in [-0.1, -0.05) is 0 Å². The Morgan fingerprint density at radius 3 is 2.50 bits per heavy atom. The fraction of sp³-hybridized carbons (Fsp3) is 0.294. The highest BCUT2D eigenvalue weighted by atomic mass is 32.2. The van der Waals surface area contributed by atoms with Gasteiger partial charge in [0.1, 0.15) is 11.8 Å². The second-order valence-corrected chi connectivity index (χ2v) is 8.48. The quantitative estimate of drug-likeness (QED) is 0.805.